The van der Waals surface area contributed by atoms with Crippen molar-refractivity contribution in [3.05, 3.63) is 64.1 Å². The minimum atomic E-state index is -5.15. The van der Waals surface area contributed by atoms with Crippen molar-refractivity contribution >= 4 is 69.2 Å². The van der Waals surface area contributed by atoms with Crippen molar-refractivity contribution in [1.29, 1.82) is 0 Å². The van der Waals surface area contributed by atoms with Crippen molar-refractivity contribution in [1.82, 2.24) is 0 Å². The van der Waals surface area contributed by atoms with Gasteiger partial charge in [0, 0.05) is 11.8 Å². The molecule has 0 aliphatic heterocycles. The van der Waals surface area contributed by atoms with Crippen LogP contribution in [0.25, 0.3) is 0 Å². The fourth-order valence-electron chi connectivity index (χ4n) is 2.05. The van der Waals surface area contributed by atoms with Crippen LogP contribution in [0.5, 0.6) is 0 Å². The number of anilines is 2. The van der Waals surface area contributed by atoms with Gasteiger partial charge in [0.1, 0.15) is 5.02 Å². The molecule has 0 atom stereocenters. The Labute approximate surface area is 167 Å². The molecule has 7 nitrogen and oxygen atoms in total. The van der Waals surface area contributed by atoms with E-state index in [4.69, 9.17) is 46.4 Å². The van der Waals surface area contributed by atoms with Gasteiger partial charge in [0.05, 0.1) is 30.5 Å². The van der Waals surface area contributed by atoms with Gasteiger partial charge in [-0.15, -0.1) is 0 Å². The van der Waals surface area contributed by atoms with Crippen molar-refractivity contribution in [3.63, 3.8) is 0 Å². The van der Waals surface area contributed by atoms with Crippen LogP contribution in [0.1, 0.15) is 5.56 Å². The van der Waals surface area contributed by atoms with Crippen LogP contribution in [0, 0.1) is 20.2 Å². The molecule has 27 heavy (non-hydrogen) atoms. The smallest absolute Gasteiger partial charge is 0.344 e. The number of hydrogen-bond acceptors (Lipinski definition) is 5. The lowest BCUT2D eigenvalue weighted by molar-refractivity contribution is -0.392. The summed E-state index contributed by atoms with van der Waals surface area (Å²) < 4.78 is 39.1. The number of nitro benzene ring substituents is 2. The van der Waals surface area contributed by atoms with Gasteiger partial charge in [-0.2, -0.15) is 13.2 Å². The van der Waals surface area contributed by atoms with E-state index in [-0.39, 0.29) is 26.8 Å². The lowest BCUT2D eigenvalue weighted by atomic mass is 10.1. The Morgan fingerprint density at radius 2 is 1.41 bits per heavy atom. The van der Waals surface area contributed by atoms with Gasteiger partial charge >= 0.3 is 17.6 Å². The first-order valence-electron chi connectivity index (χ1n) is 6.48. The van der Waals surface area contributed by atoms with Gasteiger partial charge in [-0.3, -0.25) is 20.2 Å². The van der Waals surface area contributed by atoms with Crippen LogP contribution in [-0.4, -0.2) is 9.85 Å². The number of halogens is 7. The maximum absolute atomic E-state index is 13.0. The number of nitro groups is 2. The van der Waals surface area contributed by atoms with E-state index < -0.39 is 43.7 Å². The van der Waals surface area contributed by atoms with Crippen LogP contribution in [0.3, 0.4) is 0 Å². The zero-order chi connectivity index (χ0) is 20.7. The minimum absolute atomic E-state index is 0.0571. The Hall–Kier alpha value is -2.01. The second-order valence-electron chi connectivity index (χ2n) is 4.87. The predicted molar refractivity (Wildman–Crippen MR) is 94.5 cm³/mol. The molecule has 0 amide bonds. The molecule has 2 aromatic carbocycles. The number of hydrogen-bond donors (Lipinski definition) is 1. The van der Waals surface area contributed by atoms with E-state index in [2.05, 4.69) is 5.32 Å². The molecule has 0 aliphatic carbocycles. The summed E-state index contributed by atoms with van der Waals surface area (Å²) in [6, 6.07) is 2.33. The molecular formula is C13H4Cl4F3N3O4. The highest BCUT2D eigenvalue weighted by molar-refractivity contribution is 6.48. The van der Waals surface area contributed by atoms with Gasteiger partial charge in [0.2, 0.25) is 0 Å². The number of benzene rings is 2. The Kier molecular flexibility index (Phi) is 5.95. The lowest BCUT2D eigenvalue weighted by Crippen LogP contribution is -2.11. The predicted octanol–water partition coefficient (Wildman–Crippen LogP) is 6.88. The summed E-state index contributed by atoms with van der Waals surface area (Å²) in [5.41, 5.74) is -5.25. The third-order valence-electron chi connectivity index (χ3n) is 3.16. The van der Waals surface area contributed by atoms with E-state index in [9.17, 15) is 33.4 Å². The molecule has 0 aliphatic rings. The lowest BCUT2D eigenvalue weighted by Gasteiger charge is -2.14. The second-order valence-corrected chi connectivity index (χ2v) is 6.44. The Morgan fingerprint density at radius 3 is 1.81 bits per heavy atom. The molecule has 2 aromatic rings. The van der Waals surface area contributed by atoms with Gasteiger partial charge in [0.25, 0.3) is 0 Å². The summed E-state index contributed by atoms with van der Waals surface area (Å²) in [4.78, 5) is 20.0. The molecule has 0 aromatic heterocycles. The van der Waals surface area contributed by atoms with Crippen molar-refractivity contribution in [2.45, 2.75) is 6.18 Å². The first-order chi connectivity index (χ1) is 12.3. The van der Waals surface area contributed by atoms with Gasteiger partial charge in [-0.25, -0.2) is 0 Å². The van der Waals surface area contributed by atoms with E-state index in [1.54, 1.807) is 0 Å². The summed E-state index contributed by atoms with van der Waals surface area (Å²) in [7, 11) is 0. The molecule has 0 radical (unpaired) electrons. The first-order valence-corrected chi connectivity index (χ1v) is 7.99. The van der Waals surface area contributed by atoms with Crippen LogP contribution in [-0.2, 0) is 6.18 Å². The molecule has 0 saturated heterocycles. The topological polar surface area (TPSA) is 98.3 Å². The third-order valence-corrected chi connectivity index (χ3v) is 4.74. The molecule has 14 heteroatoms. The Bertz CT molecular complexity index is 946. The highest BCUT2D eigenvalue weighted by atomic mass is 35.5. The normalized spacial score (nSPS) is 11.4. The summed E-state index contributed by atoms with van der Waals surface area (Å²) in [6.45, 7) is 0. The summed E-state index contributed by atoms with van der Waals surface area (Å²) in [6.07, 6.45) is -5.15. The molecular weight excluding hydrogens is 461 g/mol. The molecule has 0 saturated carbocycles. The van der Waals surface area contributed by atoms with Crippen molar-refractivity contribution in [2.75, 3.05) is 5.32 Å². The van der Waals surface area contributed by atoms with Crippen LogP contribution < -0.4 is 5.32 Å². The maximum Gasteiger partial charge on any atom is 0.418 e. The molecule has 2 rings (SSSR count). The minimum Gasteiger partial charge on any atom is -0.344 e. The summed E-state index contributed by atoms with van der Waals surface area (Å²) in [5, 5.41) is 23.2. The zero-order valence-corrected chi connectivity index (χ0v) is 15.4. The van der Waals surface area contributed by atoms with Gasteiger partial charge in [-0.05, 0) is 12.1 Å². The van der Waals surface area contributed by atoms with Crippen LogP contribution in [0.15, 0.2) is 18.2 Å². The maximum atomic E-state index is 13.0. The molecule has 144 valence electrons. The monoisotopic (exact) mass is 463 g/mol. The Balaban J connectivity index is 2.80. The first kappa shape index (κ1) is 21.3. The van der Waals surface area contributed by atoms with Crippen molar-refractivity contribution in [3.8, 4) is 0 Å². The standard InChI is InChI=1S/C13H4Cl4F3N3O4/c14-6-1-4(2-7(15)10(6)17)21-11-8(22(24)25)3-5(13(18,19)20)9(16)12(11)23(26)27/h1-3,21H. The van der Waals surface area contributed by atoms with Crippen LogP contribution >= 0.6 is 46.4 Å². The van der Waals surface area contributed by atoms with Crippen LogP contribution in [0.4, 0.5) is 35.9 Å². The average molecular weight is 465 g/mol. The molecule has 0 spiro atoms. The van der Waals surface area contributed by atoms with E-state index in [1.165, 1.54) is 0 Å². The van der Waals surface area contributed by atoms with Gasteiger partial charge in [0.15, 0.2) is 5.69 Å². The summed E-state index contributed by atoms with van der Waals surface area (Å²) >= 11 is 22.9. The molecule has 0 unspecified atom stereocenters. The highest BCUT2D eigenvalue weighted by Gasteiger charge is 2.42. The van der Waals surface area contributed by atoms with Crippen molar-refractivity contribution in [2.24, 2.45) is 0 Å². The highest BCUT2D eigenvalue weighted by Crippen LogP contribution is 2.48. The number of nitrogens with zero attached hydrogens (tertiary/aromatic N) is 2. The third kappa shape index (κ3) is 4.29. The number of nitrogens with one attached hydrogen (secondary N) is 1. The quantitative estimate of drug-likeness (QED) is 0.302. The van der Waals surface area contributed by atoms with E-state index in [0.29, 0.717) is 0 Å². The van der Waals surface area contributed by atoms with Crippen molar-refractivity contribution < 1.29 is 23.0 Å². The van der Waals surface area contributed by atoms with E-state index in [0.717, 1.165) is 12.1 Å². The molecule has 1 N–H and O–H groups in total. The van der Waals surface area contributed by atoms with Gasteiger partial charge < -0.3 is 5.32 Å². The Morgan fingerprint density at radius 1 is 0.889 bits per heavy atom. The van der Waals surface area contributed by atoms with E-state index >= 15 is 0 Å². The van der Waals surface area contributed by atoms with E-state index in [1.807, 2.05) is 0 Å². The number of rotatable bonds is 4. The fourth-order valence-corrected chi connectivity index (χ4v) is 2.97. The zero-order valence-electron chi connectivity index (χ0n) is 12.4. The fraction of sp³-hybridized carbons (Fsp3) is 0.0769. The largest absolute Gasteiger partial charge is 0.418 e. The van der Waals surface area contributed by atoms with Gasteiger partial charge in [-0.1, -0.05) is 46.4 Å². The SMILES string of the molecule is O=[N+]([O-])c1cc(C(F)(F)F)c(Cl)c([N+](=O)[O-])c1Nc1cc(Cl)c(Cl)c(Cl)c1. The van der Waals surface area contributed by atoms with Crippen LogP contribution in [0.2, 0.25) is 20.1 Å². The molecule has 0 bridgehead atoms. The second kappa shape index (κ2) is 7.55. The molecule has 0 fully saturated rings. The average Bonchev–Trinajstić information content (AvgIpc) is 2.50. The molecule has 0 heterocycles. The number of alkyl halides is 3. The summed E-state index contributed by atoms with van der Waals surface area (Å²) in [5.74, 6) is 0.